The van der Waals surface area contributed by atoms with Crippen molar-refractivity contribution in [1.29, 1.82) is 0 Å². The minimum Gasteiger partial charge on any atom is -0.508 e. The molecule has 1 rings (SSSR count). The fourth-order valence-electron chi connectivity index (χ4n) is 2.36. The molecule has 0 saturated heterocycles. The summed E-state index contributed by atoms with van der Waals surface area (Å²) in [5, 5.41) is 12.2. The van der Waals surface area contributed by atoms with E-state index in [0.717, 1.165) is 6.42 Å². The predicted octanol–water partition coefficient (Wildman–Crippen LogP) is 3.34. The molecule has 0 atom stereocenters. The van der Waals surface area contributed by atoms with Crippen LogP contribution >= 0.6 is 0 Å². The summed E-state index contributed by atoms with van der Waals surface area (Å²) in [5.74, 6) is 0.0600. The van der Waals surface area contributed by atoms with Crippen LogP contribution in [0.3, 0.4) is 0 Å². The molecule has 1 amide bonds. The molecular formula is C15H23NO2. The SMILES string of the molecule is CC(C)(C)CC(C)(C)NC(=O)c1ccc(O)cc1. The van der Waals surface area contributed by atoms with Crippen molar-refractivity contribution < 1.29 is 9.90 Å². The van der Waals surface area contributed by atoms with Gasteiger partial charge in [0.05, 0.1) is 0 Å². The Kier molecular flexibility index (Phi) is 4.05. The van der Waals surface area contributed by atoms with Crippen molar-refractivity contribution in [2.75, 3.05) is 0 Å². The lowest BCUT2D eigenvalue weighted by atomic mass is 9.81. The number of hydrogen-bond acceptors (Lipinski definition) is 2. The number of benzene rings is 1. The van der Waals surface area contributed by atoms with Gasteiger partial charge in [0, 0.05) is 11.1 Å². The zero-order chi connectivity index (χ0) is 14.0. The highest BCUT2D eigenvalue weighted by molar-refractivity contribution is 5.94. The van der Waals surface area contributed by atoms with Gasteiger partial charge in [0.25, 0.3) is 5.91 Å². The summed E-state index contributed by atoms with van der Waals surface area (Å²) in [6, 6.07) is 6.28. The lowest BCUT2D eigenvalue weighted by Gasteiger charge is -2.33. The Labute approximate surface area is 109 Å². The molecule has 2 N–H and O–H groups in total. The van der Waals surface area contributed by atoms with E-state index in [4.69, 9.17) is 0 Å². The molecule has 3 nitrogen and oxygen atoms in total. The minimum atomic E-state index is -0.257. The Hall–Kier alpha value is -1.51. The third-order valence-electron chi connectivity index (χ3n) is 2.55. The normalized spacial score (nSPS) is 12.3. The Morgan fingerprint density at radius 1 is 1.11 bits per heavy atom. The van der Waals surface area contributed by atoms with Gasteiger partial charge in [-0.05, 0) is 49.9 Å². The maximum absolute atomic E-state index is 12.1. The summed E-state index contributed by atoms with van der Waals surface area (Å²) in [4.78, 5) is 12.1. The van der Waals surface area contributed by atoms with Crippen molar-refractivity contribution in [3.8, 4) is 5.75 Å². The number of nitrogens with one attached hydrogen (secondary N) is 1. The van der Waals surface area contributed by atoms with Crippen molar-refractivity contribution in [2.45, 2.75) is 46.6 Å². The second kappa shape index (κ2) is 5.01. The lowest BCUT2D eigenvalue weighted by Crippen LogP contribution is -2.45. The van der Waals surface area contributed by atoms with Crippen LogP contribution in [0.15, 0.2) is 24.3 Å². The van der Waals surface area contributed by atoms with Crippen LogP contribution in [-0.2, 0) is 0 Å². The first-order valence-electron chi connectivity index (χ1n) is 6.21. The summed E-state index contributed by atoms with van der Waals surface area (Å²) in [6.45, 7) is 10.5. The molecule has 0 aliphatic carbocycles. The zero-order valence-electron chi connectivity index (χ0n) is 11.9. The standard InChI is InChI=1S/C15H23NO2/c1-14(2,3)10-15(4,5)16-13(18)11-6-8-12(17)9-7-11/h6-9,17H,10H2,1-5H3,(H,16,18). The number of carbonyl (C=O) groups excluding carboxylic acids is 1. The highest BCUT2D eigenvalue weighted by Crippen LogP contribution is 2.27. The van der Waals surface area contributed by atoms with E-state index in [9.17, 15) is 9.90 Å². The summed E-state index contributed by atoms with van der Waals surface area (Å²) in [6.07, 6.45) is 0.893. The zero-order valence-corrected chi connectivity index (χ0v) is 11.9. The number of carbonyl (C=O) groups is 1. The molecule has 18 heavy (non-hydrogen) atoms. The predicted molar refractivity (Wildman–Crippen MR) is 73.7 cm³/mol. The Morgan fingerprint density at radius 3 is 2.06 bits per heavy atom. The third kappa shape index (κ3) is 4.78. The molecule has 0 fully saturated rings. The van der Waals surface area contributed by atoms with Crippen LogP contribution in [0.5, 0.6) is 5.75 Å². The van der Waals surface area contributed by atoms with E-state index in [-0.39, 0.29) is 22.6 Å². The van der Waals surface area contributed by atoms with Gasteiger partial charge < -0.3 is 10.4 Å². The first-order chi connectivity index (χ1) is 8.09. The van der Waals surface area contributed by atoms with Crippen LogP contribution in [-0.4, -0.2) is 16.6 Å². The van der Waals surface area contributed by atoms with Gasteiger partial charge in [-0.2, -0.15) is 0 Å². The van der Waals surface area contributed by atoms with E-state index in [1.54, 1.807) is 12.1 Å². The number of rotatable bonds is 3. The van der Waals surface area contributed by atoms with Gasteiger partial charge in [0.2, 0.25) is 0 Å². The average molecular weight is 249 g/mol. The summed E-state index contributed by atoms with van der Waals surface area (Å²) in [7, 11) is 0. The van der Waals surface area contributed by atoms with Crippen LogP contribution in [0.25, 0.3) is 0 Å². The number of aromatic hydroxyl groups is 1. The molecule has 100 valence electrons. The molecule has 0 spiro atoms. The summed E-state index contributed by atoms with van der Waals surface area (Å²) in [5.41, 5.74) is 0.466. The largest absolute Gasteiger partial charge is 0.508 e. The summed E-state index contributed by atoms with van der Waals surface area (Å²) >= 11 is 0. The minimum absolute atomic E-state index is 0.107. The van der Waals surface area contributed by atoms with Gasteiger partial charge in [-0.3, -0.25) is 4.79 Å². The maximum atomic E-state index is 12.1. The molecule has 0 aromatic heterocycles. The molecular weight excluding hydrogens is 226 g/mol. The quantitative estimate of drug-likeness (QED) is 0.863. The number of hydrogen-bond donors (Lipinski definition) is 2. The Morgan fingerprint density at radius 2 is 1.61 bits per heavy atom. The Balaban J connectivity index is 2.72. The van der Waals surface area contributed by atoms with Crippen LogP contribution in [0, 0.1) is 5.41 Å². The fourth-order valence-corrected chi connectivity index (χ4v) is 2.36. The van der Waals surface area contributed by atoms with Crippen molar-refractivity contribution in [3.05, 3.63) is 29.8 Å². The molecule has 1 aromatic carbocycles. The fraction of sp³-hybridized carbons (Fsp3) is 0.533. The second-order valence-corrected chi connectivity index (χ2v) is 6.62. The molecule has 0 aliphatic rings. The number of amides is 1. The van der Waals surface area contributed by atoms with E-state index in [1.165, 1.54) is 12.1 Å². The van der Waals surface area contributed by atoms with Crippen molar-refractivity contribution in [1.82, 2.24) is 5.32 Å². The van der Waals surface area contributed by atoms with E-state index in [1.807, 2.05) is 13.8 Å². The molecule has 0 heterocycles. The smallest absolute Gasteiger partial charge is 0.251 e. The van der Waals surface area contributed by atoms with Crippen LogP contribution in [0.4, 0.5) is 0 Å². The van der Waals surface area contributed by atoms with E-state index >= 15 is 0 Å². The average Bonchev–Trinajstić information content (AvgIpc) is 2.13. The maximum Gasteiger partial charge on any atom is 0.251 e. The molecule has 0 saturated carbocycles. The lowest BCUT2D eigenvalue weighted by molar-refractivity contribution is 0.0891. The van der Waals surface area contributed by atoms with Gasteiger partial charge in [-0.15, -0.1) is 0 Å². The summed E-state index contributed by atoms with van der Waals surface area (Å²) < 4.78 is 0. The van der Waals surface area contributed by atoms with Gasteiger partial charge in [-0.1, -0.05) is 20.8 Å². The number of phenolic OH excluding ortho intramolecular Hbond substituents is 1. The van der Waals surface area contributed by atoms with Crippen molar-refractivity contribution >= 4 is 5.91 Å². The highest BCUT2D eigenvalue weighted by atomic mass is 16.3. The monoisotopic (exact) mass is 249 g/mol. The van der Waals surface area contributed by atoms with Crippen LogP contribution in [0.1, 0.15) is 51.4 Å². The molecule has 1 aromatic rings. The van der Waals surface area contributed by atoms with Gasteiger partial charge in [0.1, 0.15) is 5.75 Å². The topological polar surface area (TPSA) is 49.3 Å². The molecule has 0 radical (unpaired) electrons. The molecule has 3 heteroatoms. The van der Waals surface area contributed by atoms with Crippen molar-refractivity contribution in [3.63, 3.8) is 0 Å². The Bertz CT molecular complexity index is 413. The van der Waals surface area contributed by atoms with Crippen molar-refractivity contribution in [2.24, 2.45) is 5.41 Å². The van der Waals surface area contributed by atoms with E-state index in [2.05, 4.69) is 26.1 Å². The third-order valence-corrected chi connectivity index (χ3v) is 2.55. The number of phenols is 1. The van der Waals surface area contributed by atoms with E-state index in [0.29, 0.717) is 5.56 Å². The molecule has 0 bridgehead atoms. The van der Waals surface area contributed by atoms with Gasteiger partial charge in [-0.25, -0.2) is 0 Å². The second-order valence-electron chi connectivity index (χ2n) is 6.62. The van der Waals surface area contributed by atoms with Gasteiger partial charge in [0.15, 0.2) is 0 Å². The van der Waals surface area contributed by atoms with Crippen LogP contribution in [0.2, 0.25) is 0 Å². The highest BCUT2D eigenvalue weighted by Gasteiger charge is 2.27. The first kappa shape index (κ1) is 14.6. The molecule has 0 aliphatic heterocycles. The molecule has 0 unspecified atom stereocenters. The van der Waals surface area contributed by atoms with Crippen LogP contribution < -0.4 is 5.32 Å². The first-order valence-corrected chi connectivity index (χ1v) is 6.21. The van der Waals surface area contributed by atoms with Gasteiger partial charge >= 0.3 is 0 Å². The van der Waals surface area contributed by atoms with E-state index < -0.39 is 0 Å².